The second-order valence-corrected chi connectivity index (χ2v) is 16.5. The van der Waals surface area contributed by atoms with Crippen LogP contribution in [0.25, 0.3) is 11.1 Å². The van der Waals surface area contributed by atoms with E-state index in [4.69, 9.17) is 9.47 Å². The predicted molar refractivity (Wildman–Crippen MR) is 188 cm³/mol. The molecule has 0 heterocycles. The third kappa shape index (κ3) is 10.1. The van der Waals surface area contributed by atoms with Crippen molar-refractivity contribution in [1.29, 1.82) is 0 Å². The molecule has 12 heteroatoms. The Morgan fingerprint density at radius 1 is 0.500 bits per heavy atom. The molecule has 0 saturated heterocycles. The molecule has 0 unspecified atom stereocenters. The number of carbonyl (C=O) groups is 6. The highest BCUT2D eigenvalue weighted by molar-refractivity contribution is 6.02. The number of amides is 2. The van der Waals surface area contributed by atoms with Crippen LogP contribution in [0.1, 0.15) is 117 Å². The fraction of sp³-hybridized carbons (Fsp3) is 0.526. The van der Waals surface area contributed by atoms with Gasteiger partial charge in [-0.2, -0.15) is 0 Å². The van der Waals surface area contributed by atoms with Gasteiger partial charge in [-0.15, -0.1) is 0 Å². The van der Waals surface area contributed by atoms with Crippen LogP contribution in [0.4, 0.5) is 9.59 Å². The monoisotopic (exact) mass is 696 g/mol. The summed E-state index contributed by atoms with van der Waals surface area (Å²) in [6.07, 6.45) is -2.97. The summed E-state index contributed by atoms with van der Waals surface area (Å²) in [6, 6.07) is 12.9. The molecule has 0 aromatic heterocycles. The van der Waals surface area contributed by atoms with Gasteiger partial charge in [0.25, 0.3) is 0 Å². The first-order valence-electron chi connectivity index (χ1n) is 16.3. The molecule has 4 N–H and O–H groups in total. The zero-order valence-corrected chi connectivity index (χ0v) is 31.2. The maximum atomic E-state index is 13.4. The Hall–Kier alpha value is -4.74. The molecule has 0 bridgehead atoms. The highest BCUT2D eigenvalue weighted by Crippen LogP contribution is 2.37. The van der Waals surface area contributed by atoms with Crippen LogP contribution in [0.2, 0.25) is 0 Å². The molecule has 2 amide bonds. The fourth-order valence-corrected chi connectivity index (χ4v) is 5.23. The lowest BCUT2D eigenvalue weighted by molar-refractivity contribution is -0.150. The molecule has 274 valence electrons. The van der Waals surface area contributed by atoms with Gasteiger partial charge in [0.1, 0.15) is 11.2 Å². The van der Waals surface area contributed by atoms with E-state index in [0.717, 1.165) is 0 Å². The van der Waals surface area contributed by atoms with Crippen LogP contribution in [-0.4, -0.2) is 68.2 Å². The maximum absolute atomic E-state index is 13.4. The Balaban J connectivity index is 2.33. The summed E-state index contributed by atoms with van der Waals surface area (Å²) in [5.74, 6) is -3.77. The van der Waals surface area contributed by atoms with Gasteiger partial charge in [0.15, 0.2) is 22.6 Å². The third-order valence-electron chi connectivity index (χ3n) is 8.32. The molecule has 0 fully saturated rings. The number of rotatable bonds is 11. The van der Waals surface area contributed by atoms with Gasteiger partial charge in [-0.25, -0.2) is 19.2 Å². The normalized spacial score (nSPS) is 14.7. The molecule has 0 spiro atoms. The van der Waals surface area contributed by atoms with Gasteiger partial charge in [-0.1, -0.05) is 90.1 Å². The maximum Gasteiger partial charge on any atom is 0.408 e. The Morgan fingerprint density at radius 3 is 0.960 bits per heavy atom. The largest absolute Gasteiger partial charge is 0.479 e. The summed E-state index contributed by atoms with van der Waals surface area (Å²) in [6.45, 7) is 19.6. The number of hydrogen-bond donors (Lipinski definition) is 4. The predicted octanol–water partition coefficient (Wildman–Crippen LogP) is 7.29. The molecule has 0 aliphatic carbocycles. The number of aliphatic carboxylic acids is 2. The average molecular weight is 697 g/mol. The summed E-state index contributed by atoms with van der Waals surface area (Å²) < 4.78 is 10.6. The lowest BCUT2D eigenvalue weighted by atomic mass is 9.70. The highest BCUT2D eigenvalue weighted by Gasteiger charge is 2.53. The van der Waals surface area contributed by atoms with E-state index in [9.17, 15) is 39.0 Å². The standard InChI is InChI=1S/C38H52N2O10/c1-33(2,3)37(29(43)44,39-31(47)49-35(7,8)9)21-27(41)25-17-13-23(14-18-25)24-15-19-26(20-16-24)28(42)22-38(30(45)46,34(4,5)6)40-32(48)50-36(10,11)12/h13-20H,21-22H2,1-12H3,(H,39,47)(H,40,48)(H,43,44)(H,45,46)/t37-,38-/m1/s1. The number of alkyl carbamates (subject to hydrolysis) is 2. The number of hydrogen-bond acceptors (Lipinski definition) is 8. The number of Topliss-reactive ketones (excluding diaryl/α,β-unsaturated/α-hetero) is 2. The molecule has 0 aliphatic heterocycles. The minimum atomic E-state index is -1.97. The average Bonchev–Trinajstić information content (AvgIpc) is 2.93. The first-order chi connectivity index (χ1) is 22.5. The van der Waals surface area contributed by atoms with E-state index < -0.39 is 81.6 Å². The van der Waals surface area contributed by atoms with Crippen LogP contribution in [0.15, 0.2) is 48.5 Å². The molecule has 0 saturated carbocycles. The Kier molecular flexibility index (Phi) is 12.1. The van der Waals surface area contributed by atoms with Crippen molar-refractivity contribution in [2.45, 2.75) is 118 Å². The quantitative estimate of drug-likeness (QED) is 0.174. The van der Waals surface area contributed by atoms with E-state index in [-0.39, 0.29) is 11.1 Å². The molecule has 2 aromatic rings. The van der Waals surface area contributed by atoms with Crippen LogP contribution in [0, 0.1) is 10.8 Å². The van der Waals surface area contributed by atoms with Crippen molar-refractivity contribution in [3.05, 3.63) is 59.7 Å². The van der Waals surface area contributed by atoms with Crippen molar-refractivity contribution in [2.24, 2.45) is 10.8 Å². The van der Waals surface area contributed by atoms with Crippen LogP contribution in [0.3, 0.4) is 0 Å². The number of ether oxygens (including phenoxy) is 2. The van der Waals surface area contributed by atoms with Crippen molar-refractivity contribution >= 4 is 35.7 Å². The molecule has 0 radical (unpaired) electrons. The van der Waals surface area contributed by atoms with E-state index >= 15 is 0 Å². The van der Waals surface area contributed by atoms with Crippen molar-refractivity contribution in [1.82, 2.24) is 10.6 Å². The summed E-state index contributed by atoms with van der Waals surface area (Å²) in [5.41, 5.74) is -6.03. The zero-order valence-electron chi connectivity index (χ0n) is 31.2. The molecule has 50 heavy (non-hydrogen) atoms. The first-order valence-corrected chi connectivity index (χ1v) is 16.3. The van der Waals surface area contributed by atoms with Crippen molar-refractivity contribution in [2.75, 3.05) is 0 Å². The SMILES string of the molecule is CC(C)(C)OC(=O)N[C@](CC(=O)c1ccc(-c2ccc(C(=O)C[C@@](NC(=O)OC(C)(C)C)(C(=O)O)C(C)(C)C)cc2)cc1)(C(=O)O)C(C)(C)C. The summed E-state index contributed by atoms with van der Waals surface area (Å²) in [4.78, 5) is 77.4. The Morgan fingerprint density at radius 2 is 0.760 bits per heavy atom. The minimum Gasteiger partial charge on any atom is -0.479 e. The van der Waals surface area contributed by atoms with E-state index in [1.807, 2.05) is 0 Å². The fourth-order valence-electron chi connectivity index (χ4n) is 5.23. The van der Waals surface area contributed by atoms with Crippen LogP contribution in [-0.2, 0) is 19.1 Å². The zero-order chi connectivity index (χ0) is 38.7. The topological polar surface area (TPSA) is 185 Å². The van der Waals surface area contributed by atoms with Crippen molar-refractivity contribution < 1.29 is 48.5 Å². The van der Waals surface area contributed by atoms with Crippen LogP contribution in [0.5, 0.6) is 0 Å². The number of ketones is 2. The molecular weight excluding hydrogens is 644 g/mol. The molecule has 2 rings (SSSR count). The number of carbonyl (C=O) groups excluding carboxylic acids is 4. The number of nitrogens with one attached hydrogen (secondary N) is 2. The summed E-state index contributed by atoms with van der Waals surface area (Å²) in [5, 5.41) is 25.4. The first kappa shape index (κ1) is 41.4. The lowest BCUT2D eigenvalue weighted by Gasteiger charge is -2.41. The summed E-state index contributed by atoms with van der Waals surface area (Å²) >= 11 is 0. The van der Waals surface area contributed by atoms with E-state index in [0.29, 0.717) is 11.1 Å². The number of benzene rings is 2. The highest BCUT2D eigenvalue weighted by atomic mass is 16.6. The van der Waals surface area contributed by atoms with Gasteiger partial charge in [0.05, 0.1) is 0 Å². The van der Waals surface area contributed by atoms with Gasteiger partial charge in [-0.3, -0.25) is 9.59 Å². The van der Waals surface area contributed by atoms with Crippen molar-refractivity contribution in [3.8, 4) is 11.1 Å². The van der Waals surface area contributed by atoms with Crippen molar-refractivity contribution in [3.63, 3.8) is 0 Å². The summed E-state index contributed by atoms with van der Waals surface area (Å²) in [7, 11) is 0. The second-order valence-electron chi connectivity index (χ2n) is 16.5. The van der Waals surface area contributed by atoms with Crippen LogP contribution < -0.4 is 10.6 Å². The van der Waals surface area contributed by atoms with E-state index in [1.54, 1.807) is 132 Å². The van der Waals surface area contributed by atoms with Gasteiger partial charge in [0.2, 0.25) is 0 Å². The molecule has 2 aromatic carbocycles. The van der Waals surface area contributed by atoms with E-state index in [1.165, 1.54) is 0 Å². The minimum absolute atomic E-state index is 0.228. The second kappa shape index (κ2) is 14.6. The van der Waals surface area contributed by atoms with Gasteiger partial charge < -0.3 is 30.3 Å². The number of carboxylic acids is 2. The lowest BCUT2D eigenvalue weighted by Crippen LogP contribution is -2.63. The Bertz CT molecular complexity index is 1480. The van der Waals surface area contributed by atoms with E-state index in [2.05, 4.69) is 10.6 Å². The smallest absolute Gasteiger partial charge is 0.408 e. The number of carboxylic acid groups (broad SMARTS) is 2. The molecule has 2 atom stereocenters. The molecular formula is C38H52N2O10. The van der Waals surface area contributed by atoms with Gasteiger partial charge in [-0.05, 0) is 63.5 Å². The van der Waals surface area contributed by atoms with Crippen LogP contribution >= 0.6 is 0 Å². The van der Waals surface area contributed by atoms with Gasteiger partial charge >= 0.3 is 24.1 Å². The third-order valence-corrected chi connectivity index (χ3v) is 8.32. The molecule has 0 aliphatic rings. The Labute approximate surface area is 294 Å². The molecule has 12 nitrogen and oxygen atoms in total. The van der Waals surface area contributed by atoms with Gasteiger partial charge in [0, 0.05) is 24.0 Å².